The van der Waals surface area contributed by atoms with E-state index in [0.29, 0.717) is 17.8 Å². The zero-order valence-electron chi connectivity index (χ0n) is 55.7. The van der Waals surface area contributed by atoms with Crippen molar-refractivity contribution >= 4 is 106 Å². The molecule has 2 heterocycles. The molecule has 3 aliphatic carbocycles. The predicted molar refractivity (Wildman–Crippen MR) is 394 cm³/mol. The summed E-state index contributed by atoms with van der Waals surface area (Å²) in [5.74, 6) is 2.70. The maximum atomic E-state index is 7.35. The zero-order chi connectivity index (χ0) is 62.2. The van der Waals surface area contributed by atoms with E-state index in [4.69, 9.17) is 15.4 Å². The summed E-state index contributed by atoms with van der Waals surface area (Å²) in [6, 6.07) is 60.2. The van der Waals surface area contributed by atoms with E-state index in [-0.39, 0.29) is 0 Å². The van der Waals surface area contributed by atoms with Crippen molar-refractivity contribution in [2.75, 3.05) is 9.80 Å². The topological polar surface area (TPSA) is 32.8 Å². The van der Waals surface area contributed by atoms with E-state index in [1.165, 1.54) is 214 Å². The van der Waals surface area contributed by atoms with E-state index in [1.807, 2.05) is 0 Å². The molecule has 0 atom stereocenters. The molecule has 0 bridgehead atoms. The first kappa shape index (κ1) is 62.3. The van der Waals surface area contributed by atoms with Crippen molar-refractivity contribution in [3.63, 3.8) is 0 Å². The second kappa shape index (κ2) is 28.9. The van der Waals surface area contributed by atoms with Crippen LogP contribution in [-0.4, -0.2) is 0 Å². The molecule has 9 aromatic carbocycles. The Morgan fingerprint density at radius 1 is 0.484 bits per heavy atom. The molecule has 0 saturated heterocycles. The smallest absolute Gasteiger partial charge is 0.159 e. The standard InChI is InChI=1S/C80H86N2O2.C7H14/c1-6-10-11-12-13-16-31-62-32-21-34-67-69-36-23-38-73(79(69)83-77(62)67)81(63-47-40-58(41-48-63)56(25-7-2)26-8-3)54(5)65-51-45-61-46-53-72(71-52-44-55(9-4)75(65)76(61)71)82(64-49-42-59(43-50-64)57-27-17-14-18-28-57)74-39-24-37-70-68-35-22-33-66(78(68)84-80(70)74)60-29-19-15-20-30-60;1-7-5-3-2-4-6-7/h9,21-24,32-53,56-57,60H,5-8,10-20,25-31H2,1-4H3;7H,2-6H2,1H3/b55-9-;. The van der Waals surface area contributed by atoms with Crippen LogP contribution in [0.4, 0.5) is 28.4 Å². The molecule has 3 saturated carbocycles. The number of aryl methyl sites for hydroxylation is 1. The number of hydrogen-bond acceptors (Lipinski definition) is 4. The van der Waals surface area contributed by atoms with Crippen LogP contribution in [0.2, 0.25) is 0 Å². The molecule has 4 nitrogen and oxygen atoms in total. The molecule has 3 fully saturated rings. The SMILES string of the molecule is C=C(c1ccc2ccc(N(c3ccc(C4CCCCC4)cc3)c3cccc4c3oc3c(C5CCCCC5)cccc34)c3cc/c(=C/C)c1c23)N(c1ccc(C(CCC)CCC)cc1)c1cccc2c1oc1c(CCCCCCCC)cccc12.CC1CCCCC1. The van der Waals surface area contributed by atoms with Gasteiger partial charge in [-0.3, -0.25) is 0 Å². The first-order valence-electron chi connectivity index (χ1n) is 36.2. The summed E-state index contributed by atoms with van der Waals surface area (Å²) in [5.41, 5.74) is 16.8. The van der Waals surface area contributed by atoms with E-state index in [0.717, 1.165) is 91.6 Å². The van der Waals surface area contributed by atoms with Crippen molar-refractivity contribution in [3.05, 3.63) is 197 Å². The van der Waals surface area contributed by atoms with Gasteiger partial charge in [0.2, 0.25) is 0 Å². The minimum absolute atomic E-state index is 0.520. The molecule has 3 aliphatic rings. The quantitative estimate of drug-likeness (QED) is 0.0671. The summed E-state index contributed by atoms with van der Waals surface area (Å²) in [6.45, 7) is 16.6. The van der Waals surface area contributed by atoms with E-state index < -0.39 is 0 Å². The first-order chi connectivity index (χ1) is 44.8. The molecule has 0 amide bonds. The molecule has 470 valence electrons. The number of benzene rings is 9. The molecule has 2 aromatic heterocycles. The Hall–Kier alpha value is -7.56. The number of furan rings is 2. The molecule has 0 spiro atoms. The average Bonchev–Trinajstić information content (AvgIpc) is 1.72. The Labute approximate surface area is 543 Å². The van der Waals surface area contributed by atoms with Crippen molar-refractivity contribution in [3.8, 4) is 0 Å². The largest absolute Gasteiger partial charge is 0.454 e. The summed E-state index contributed by atoms with van der Waals surface area (Å²) in [6.07, 6.45) is 35.9. The number of anilines is 5. The Kier molecular flexibility index (Phi) is 19.8. The summed E-state index contributed by atoms with van der Waals surface area (Å²) < 4.78 is 14.6. The fourth-order valence-corrected chi connectivity index (χ4v) is 16.6. The molecule has 0 unspecified atom stereocenters. The predicted octanol–water partition coefficient (Wildman–Crippen LogP) is 26.9. The molecular weight excluding hydrogens is 1100 g/mol. The van der Waals surface area contributed by atoms with E-state index in [9.17, 15) is 0 Å². The van der Waals surface area contributed by atoms with Crippen molar-refractivity contribution in [1.29, 1.82) is 0 Å². The normalized spacial score (nSPS) is 15.6. The van der Waals surface area contributed by atoms with Gasteiger partial charge in [0.15, 0.2) is 11.2 Å². The van der Waals surface area contributed by atoms with Gasteiger partial charge in [0, 0.05) is 49.6 Å². The number of unbranched alkanes of at least 4 members (excludes halogenated alkanes) is 5. The monoisotopic (exact) mass is 1200 g/mol. The van der Waals surface area contributed by atoms with Crippen molar-refractivity contribution in [1.82, 2.24) is 0 Å². The van der Waals surface area contributed by atoms with Crippen LogP contribution in [0.25, 0.3) is 77.2 Å². The Bertz CT molecular complexity index is 4300. The van der Waals surface area contributed by atoms with Crippen LogP contribution in [0, 0.1) is 5.92 Å². The fourth-order valence-electron chi connectivity index (χ4n) is 16.6. The molecule has 4 heteroatoms. The lowest BCUT2D eigenvalue weighted by atomic mass is 9.83. The van der Waals surface area contributed by atoms with Gasteiger partial charge in [-0.2, -0.15) is 0 Å². The highest BCUT2D eigenvalue weighted by molar-refractivity contribution is 6.21. The van der Waals surface area contributed by atoms with Crippen LogP contribution in [0.5, 0.6) is 0 Å². The van der Waals surface area contributed by atoms with Crippen LogP contribution in [0.15, 0.2) is 173 Å². The lowest BCUT2D eigenvalue weighted by molar-refractivity contribution is 0.385. The average molecular weight is 1210 g/mol. The second-order valence-electron chi connectivity index (χ2n) is 27.7. The van der Waals surface area contributed by atoms with E-state index in [1.54, 1.807) is 0 Å². The van der Waals surface area contributed by atoms with Crippen LogP contribution in [-0.2, 0) is 6.42 Å². The third-order valence-corrected chi connectivity index (χ3v) is 21.5. The Morgan fingerprint density at radius 3 is 1.71 bits per heavy atom. The highest BCUT2D eigenvalue weighted by atomic mass is 16.3. The van der Waals surface area contributed by atoms with E-state index >= 15 is 0 Å². The highest BCUT2D eigenvalue weighted by Gasteiger charge is 2.29. The maximum absolute atomic E-state index is 7.35. The summed E-state index contributed by atoms with van der Waals surface area (Å²) in [5, 5.41) is 10.6. The Morgan fingerprint density at radius 2 is 1.05 bits per heavy atom. The van der Waals surface area contributed by atoms with Gasteiger partial charge in [-0.15, -0.1) is 0 Å². The van der Waals surface area contributed by atoms with Crippen LogP contribution in [0.1, 0.15) is 241 Å². The van der Waals surface area contributed by atoms with Gasteiger partial charge in [0.05, 0.1) is 17.1 Å². The van der Waals surface area contributed by atoms with Gasteiger partial charge < -0.3 is 18.6 Å². The number of rotatable bonds is 21. The summed E-state index contributed by atoms with van der Waals surface area (Å²) in [7, 11) is 0. The molecule has 91 heavy (non-hydrogen) atoms. The number of hydrogen-bond donors (Lipinski definition) is 0. The first-order valence-corrected chi connectivity index (χ1v) is 36.2. The van der Waals surface area contributed by atoms with Crippen LogP contribution >= 0.6 is 0 Å². The number of fused-ring (bicyclic) bond motifs is 6. The third-order valence-electron chi connectivity index (χ3n) is 21.5. The molecule has 0 N–H and O–H groups in total. The number of para-hydroxylation sites is 4. The highest BCUT2D eigenvalue weighted by Crippen LogP contribution is 2.50. The molecule has 0 radical (unpaired) electrons. The summed E-state index contributed by atoms with van der Waals surface area (Å²) in [4.78, 5) is 4.90. The minimum atomic E-state index is 0.520. The molecule has 14 rings (SSSR count). The fraction of sp³-hybridized carbons (Fsp3) is 0.402. The third kappa shape index (κ3) is 12.9. The van der Waals surface area contributed by atoms with Crippen LogP contribution in [0.3, 0.4) is 0 Å². The minimum Gasteiger partial charge on any atom is -0.454 e. The zero-order valence-corrected chi connectivity index (χ0v) is 55.7. The lowest BCUT2D eigenvalue weighted by Crippen LogP contribution is -2.17. The van der Waals surface area contributed by atoms with Crippen LogP contribution < -0.4 is 15.0 Å². The Balaban J connectivity index is 0.00000102. The molecule has 11 aromatic rings. The van der Waals surface area contributed by atoms with Gasteiger partial charge >= 0.3 is 0 Å². The van der Waals surface area contributed by atoms with Crippen molar-refractivity contribution < 1.29 is 8.83 Å². The van der Waals surface area contributed by atoms with E-state index in [2.05, 4.69) is 208 Å². The van der Waals surface area contributed by atoms with Gasteiger partial charge in [-0.25, -0.2) is 0 Å². The van der Waals surface area contributed by atoms with Gasteiger partial charge in [0.1, 0.15) is 11.2 Å². The molecular formula is C87H100N2O2. The maximum Gasteiger partial charge on any atom is 0.159 e. The lowest BCUT2D eigenvalue weighted by Gasteiger charge is -2.30. The van der Waals surface area contributed by atoms with Crippen molar-refractivity contribution in [2.45, 2.75) is 219 Å². The van der Waals surface area contributed by atoms with Gasteiger partial charge in [-0.1, -0.05) is 271 Å². The van der Waals surface area contributed by atoms with Crippen molar-refractivity contribution in [2.24, 2.45) is 5.92 Å². The van der Waals surface area contributed by atoms with Gasteiger partial charge in [0.25, 0.3) is 0 Å². The second-order valence-corrected chi connectivity index (χ2v) is 27.7. The number of nitrogens with zero attached hydrogens (tertiary/aromatic N) is 2. The van der Waals surface area contributed by atoms with Gasteiger partial charge in [-0.05, 0) is 168 Å². The molecule has 0 aliphatic heterocycles. The summed E-state index contributed by atoms with van der Waals surface area (Å²) >= 11 is 0.